The standard InChI is InChI=1S/C15H11FN2O3/c16-10-3-1-2-9(6-10)7-14(19)17-11-4-5-12-13(8-11)21-15(20)18-12/h1-6,8H,7H2,(H,17,19)(H,18,20). The van der Waals surface area contributed by atoms with Gasteiger partial charge in [0.2, 0.25) is 5.91 Å². The van der Waals surface area contributed by atoms with Crippen molar-refractivity contribution in [2.24, 2.45) is 0 Å². The Labute approximate surface area is 118 Å². The van der Waals surface area contributed by atoms with Gasteiger partial charge in [0.25, 0.3) is 0 Å². The van der Waals surface area contributed by atoms with Crippen LogP contribution in [0, 0.1) is 5.82 Å². The molecule has 6 heteroatoms. The third-order valence-corrected chi connectivity index (χ3v) is 2.96. The van der Waals surface area contributed by atoms with Gasteiger partial charge in [-0.05, 0) is 29.8 Å². The zero-order chi connectivity index (χ0) is 14.8. The number of aromatic nitrogens is 1. The van der Waals surface area contributed by atoms with Gasteiger partial charge in [-0.2, -0.15) is 0 Å². The second-order valence-corrected chi connectivity index (χ2v) is 4.58. The second kappa shape index (κ2) is 5.24. The Morgan fingerprint density at radius 3 is 2.90 bits per heavy atom. The van der Waals surface area contributed by atoms with Gasteiger partial charge in [0.15, 0.2) is 5.58 Å². The van der Waals surface area contributed by atoms with E-state index in [-0.39, 0.29) is 18.1 Å². The Hall–Kier alpha value is -2.89. The first-order chi connectivity index (χ1) is 10.1. The molecule has 0 bridgehead atoms. The van der Waals surface area contributed by atoms with Gasteiger partial charge in [-0.15, -0.1) is 0 Å². The lowest BCUT2D eigenvalue weighted by Gasteiger charge is -2.05. The zero-order valence-electron chi connectivity index (χ0n) is 10.9. The van der Waals surface area contributed by atoms with Crippen LogP contribution in [0.25, 0.3) is 11.1 Å². The molecule has 1 amide bonds. The summed E-state index contributed by atoms with van der Waals surface area (Å²) in [5.74, 6) is -1.21. The van der Waals surface area contributed by atoms with E-state index in [2.05, 4.69) is 10.3 Å². The summed E-state index contributed by atoms with van der Waals surface area (Å²) in [6, 6.07) is 10.7. The number of anilines is 1. The van der Waals surface area contributed by atoms with E-state index in [0.29, 0.717) is 22.4 Å². The molecule has 0 saturated heterocycles. The zero-order valence-corrected chi connectivity index (χ0v) is 10.9. The molecule has 21 heavy (non-hydrogen) atoms. The van der Waals surface area contributed by atoms with Crippen molar-refractivity contribution in [1.29, 1.82) is 0 Å². The fourth-order valence-electron chi connectivity index (χ4n) is 2.06. The van der Waals surface area contributed by atoms with Crippen LogP contribution in [0.3, 0.4) is 0 Å². The molecule has 0 spiro atoms. The topological polar surface area (TPSA) is 75.1 Å². The number of oxazole rings is 1. The molecule has 5 nitrogen and oxygen atoms in total. The summed E-state index contributed by atoms with van der Waals surface area (Å²) in [4.78, 5) is 25.5. The number of hydrogen-bond donors (Lipinski definition) is 2. The number of amides is 1. The fourth-order valence-corrected chi connectivity index (χ4v) is 2.06. The minimum absolute atomic E-state index is 0.0624. The first-order valence-electron chi connectivity index (χ1n) is 6.27. The van der Waals surface area contributed by atoms with E-state index >= 15 is 0 Å². The van der Waals surface area contributed by atoms with Gasteiger partial charge >= 0.3 is 5.76 Å². The van der Waals surface area contributed by atoms with Gasteiger partial charge in [0, 0.05) is 11.8 Å². The molecule has 0 aliphatic heterocycles. The number of carbonyl (C=O) groups is 1. The fraction of sp³-hybridized carbons (Fsp3) is 0.0667. The molecule has 0 atom stereocenters. The molecule has 3 rings (SSSR count). The molecule has 0 radical (unpaired) electrons. The molecule has 0 unspecified atom stereocenters. The predicted molar refractivity (Wildman–Crippen MR) is 75.6 cm³/mol. The largest absolute Gasteiger partial charge is 0.417 e. The van der Waals surface area contributed by atoms with Crippen LogP contribution in [-0.2, 0) is 11.2 Å². The average molecular weight is 286 g/mol. The van der Waals surface area contributed by atoms with Crippen LogP contribution in [0.1, 0.15) is 5.56 Å². The van der Waals surface area contributed by atoms with Crippen LogP contribution in [-0.4, -0.2) is 10.9 Å². The predicted octanol–water partition coefficient (Wildman–Crippen LogP) is 2.44. The minimum Gasteiger partial charge on any atom is -0.408 e. The van der Waals surface area contributed by atoms with Crippen LogP contribution in [0.2, 0.25) is 0 Å². The quantitative estimate of drug-likeness (QED) is 0.776. The third kappa shape index (κ3) is 3.00. The Morgan fingerprint density at radius 2 is 2.10 bits per heavy atom. The van der Waals surface area contributed by atoms with Gasteiger partial charge in [0.1, 0.15) is 5.82 Å². The first-order valence-corrected chi connectivity index (χ1v) is 6.27. The molecule has 0 aliphatic carbocycles. The summed E-state index contributed by atoms with van der Waals surface area (Å²) < 4.78 is 18.0. The van der Waals surface area contributed by atoms with Crippen molar-refractivity contribution in [3.63, 3.8) is 0 Å². The van der Waals surface area contributed by atoms with Gasteiger partial charge in [-0.3, -0.25) is 9.78 Å². The summed E-state index contributed by atoms with van der Waals surface area (Å²) >= 11 is 0. The number of nitrogens with one attached hydrogen (secondary N) is 2. The summed E-state index contributed by atoms with van der Waals surface area (Å²) in [6.45, 7) is 0. The number of rotatable bonds is 3. The molecule has 1 aromatic heterocycles. The highest BCUT2D eigenvalue weighted by Gasteiger charge is 2.07. The maximum atomic E-state index is 13.0. The van der Waals surface area contributed by atoms with E-state index in [1.807, 2.05) is 0 Å². The van der Waals surface area contributed by atoms with E-state index in [4.69, 9.17) is 4.42 Å². The van der Waals surface area contributed by atoms with Crippen LogP contribution in [0.4, 0.5) is 10.1 Å². The highest BCUT2D eigenvalue weighted by Crippen LogP contribution is 2.16. The molecule has 1 heterocycles. The smallest absolute Gasteiger partial charge is 0.408 e. The number of fused-ring (bicyclic) bond motifs is 1. The van der Waals surface area contributed by atoms with Crippen molar-refractivity contribution in [2.75, 3.05) is 5.32 Å². The normalized spacial score (nSPS) is 10.7. The highest BCUT2D eigenvalue weighted by atomic mass is 19.1. The molecule has 2 N–H and O–H groups in total. The molecule has 106 valence electrons. The molecular weight excluding hydrogens is 275 g/mol. The van der Waals surface area contributed by atoms with E-state index < -0.39 is 5.76 Å². The molecule has 3 aromatic rings. The first kappa shape index (κ1) is 13.1. The molecular formula is C15H11FN2O3. The van der Waals surface area contributed by atoms with E-state index in [1.165, 1.54) is 12.1 Å². The van der Waals surface area contributed by atoms with E-state index in [0.717, 1.165) is 0 Å². The molecule has 0 saturated carbocycles. The molecule has 0 fully saturated rings. The number of hydrogen-bond acceptors (Lipinski definition) is 3. The SMILES string of the molecule is O=C(Cc1cccc(F)c1)Nc1ccc2[nH]c(=O)oc2c1. The minimum atomic E-state index is -0.548. The summed E-state index contributed by atoms with van der Waals surface area (Å²) in [5, 5.41) is 2.67. The maximum Gasteiger partial charge on any atom is 0.417 e. The molecule has 2 aromatic carbocycles. The van der Waals surface area contributed by atoms with Crippen LogP contribution in [0.15, 0.2) is 51.7 Å². The lowest BCUT2D eigenvalue weighted by molar-refractivity contribution is -0.115. The summed E-state index contributed by atoms with van der Waals surface area (Å²) in [5.41, 5.74) is 2.01. The summed E-state index contributed by atoms with van der Waals surface area (Å²) in [6.07, 6.45) is 0.0624. The number of H-pyrrole nitrogens is 1. The number of carbonyl (C=O) groups excluding carboxylic acids is 1. The van der Waals surface area contributed by atoms with Crippen LogP contribution < -0.4 is 11.1 Å². The summed E-state index contributed by atoms with van der Waals surface area (Å²) in [7, 11) is 0. The Morgan fingerprint density at radius 1 is 1.24 bits per heavy atom. The number of halogens is 1. The van der Waals surface area contributed by atoms with Gasteiger partial charge in [0.05, 0.1) is 11.9 Å². The van der Waals surface area contributed by atoms with Crippen molar-refractivity contribution < 1.29 is 13.6 Å². The van der Waals surface area contributed by atoms with Crippen molar-refractivity contribution in [1.82, 2.24) is 4.98 Å². The van der Waals surface area contributed by atoms with Crippen molar-refractivity contribution in [3.05, 3.63) is 64.4 Å². The lowest BCUT2D eigenvalue weighted by atomic mass is 10.1. The number of benzene rings is 2. The van der Waals surface area contributed by atoms with Crippen molar-refractivity contribution in [3.8, 4) is 0 Å². The Kier molecular flexibility index (Phi) is 3.27. The average Bonchev–Trinajstić information content (AvgIpc) is 2.78. The Bertz CT molecular complexity index is 866. The van der Waals surface area contributed by atoms with E-state index in [9.17, 15) is 14.0 Å². The van der Waals surface area contributed by atoms with E-state index in [1.54, 1.807) is 30.3 Å². The Balaban J connectivity index is 1.75. The monoisotopic (exact) mass is 286 g/mol. The molecule has 0 aliphatic rings. The van der Waals surface area contributed by atoms with Crippen LogP contribution in [0.5, 0.6) is 0 Å². The van der Waals surface area contributed by atoms with Crippen molar-refractivity contribution in [2.45, 2.75) is 6.42 Å². The number of aromatic amines is 1. The van der Waals surface area contributed by atoms with Gasteiger partial charge < -0.3 is 9.73 Å². The van der Waals surface area contributed by atoms with Gasteiger partial charge in [-0.25, -0.2) is 9.18 Å². The maximum absolute atomic E-state index is 13.0. The third-order valence-electron chi connectivity index (χ3n) is 2.96. The lowest BCUT2D eigenvalue weighted by Crippen LogP contribution is -2.14. The highest BCUT2D eigenvalue weighted by molar-refractivity contribution is 5.93. The van der Waals surface area contributed by atoms with Crippen molar-refractivity contribution >= 4 is 22.7 Å². The van der Waals surface area contributed by atoms with Gasteiger partial charge in [-0.1, -0.05) is 12.1 Å². The second-order valence-electron chi connectivity index (χ2n) is 4.58. The van der Waals surface area contributed by atoms with Crippen LogP contribution >= 0.6 is 0 Å².